The fourth-order valence-corrected chi connectivity index (χ4v) is 4.42. The van der Waals surface area contributed by atoms with Crippen molar-refractivity contribution >= 4 is 43.5 Å². The van der Waals surface area contributed by atoms with Gasteiger partial charge in [0.2, 0.25) is 21.8 Å². The summed E-state index contributed by atoms with van der Waals surface area (Å²) in [5.74, 6) is -1.28. The van der Waals surface area contributed by atoms with Crippen LogP contribution in [0.25, 0.3) is 0 Å². The van der Waals surface area contributed by atoms with Gasteiger partial charge in [0.1, 0.15) is 6.04 Å². The second-order valence-corrected chi connectivity index (χ2v) is 9.96. The van der Waals surface area contributed by atoms with Crippen LogP contribution < -0.4 is 15.4 Å². The van der Waals surface area contributed by atoms with Gasteiger partial charge in [-0.1, -0.05) is 48.0 Å². The largest absolute Gasteiger partial charge is 0.346 e. The number of carbonyl (C=O) groups is 2. The Labute approximate surface area is 185 Å². The lowest BCUT2D eigenvalue weighted by atomic mass is 10.1. The maximum Gasteiger partial charge on any atom is 0.243 e. The predicted octanol–water partition coefficient (Wildman–Crippen LogP) is 3.12. The van der Waals surface area contributed by atoms with E-state index in [0.717, 1.165) is 15.6 Å². The molecule has 1 atom stereocenters. The summed E-state index contributed by atoms with van der Waals surface area (Å²) in [7, 11) is -3.90. The number of aryl methyl sites for hydroxylation is 2. The molecular formula is C21H26BrN3O4S. The standard InChI is InChI=1S/C21H26BrN3O4S/c1-13(2)19(25-30(28,29)17-10-8-16(22)9-11-17)21(27)23-12-18(26)24-20-14(3)6-5-7-15(20)4/h5-11,13,19,25H,12H2,1-4H3,(H,23,27)(H,24,26)/t19-/m0/s1. The van der Waals surface area contributed by atoms with Gasteiger partial charge < -0.3 is 10.6 Å². The number of halogens is 1. The molecule has 0 spiro atoms. The predicted molar refractivity (Wildman–Crippen MR) is 121 cm³/mol. The topological polar surface area (TPSA) is 104 Å². The summed E-state index contributed by atoms with van der Waals surface area (Å²) in [6.07, 6.45) is 0. The number of hydrogen-bond donors (Lipinski definition) is 3. The molecule has 2 rings (SSSR count). The van der Waals surface area contributed by atoms with Gasteiger partial charge in [0, 0.05) is 10.2 Å². The quantitative estimate of drug-likeness (QED) is 0.523. The zero-order valence-electron chi connectivity index (χ0n) is 17.3. The average molecular weight is 496 g/mol. The van der Waals surface area contributed by atoms with Gasteiger partial charge >= 0.3 is 0 Å². The van der Waals surface area contributed by atoms with Crippen LogP contribution in [0, 0.1) is 19.8 Å². The highest BCUT2D eigenvalue weighted by atomic mass is 79.9. The summed E-state index contributed by atoms with van der Waals surface area (Å²) in [5, 5.41) is 5.31. The number of carbonyl (C=O) groups excluding carboxylic acids is 2. The number of para-hydroxylation sites is 1. The lowest BCUT2D eigenvalue weighted by Crippen LogP contribution is -2.50. The number of rotatable bonds is 8. The Morgan fingerprint density at radius 3 is 2.10 bits per heavy atom. The van der Waals surface area contributed by atoms with Gasteiger partial charge in [0.15, 0.2) is 0 Å². The molecule has 2 amide bonds. The summed E-state index contributed by atoms with van der Waals surface area (Å²) in [6, 6.07) is 10.7. The molecule has 0 aliphatic carbocycles. The van der Waals surface area contributed by atoms with Crippen molar-refractivity contribution in [2.24, 2.45) is 5.92 Å². The number of amides is 2. The molecule has 0 aromatic heterocycles. The van der Waals surface area contributed by atoms with Crippen LogP contribution in [0.4, 0.5) is 5.69 Å². The van der Waals surface area contributed by atoms with Crippen molar-refractivity contribution in [3.63, 3.8) is 0 Å². The first-order valence-corrected chi connectivity index (χ1v) is 11.7. The summed E-state index contributed by atoms with van der Waals surface area (Å²) in [5.41, 5.74) is 2.53. The first-order chi connectivity index (χ1) is 14.0. The Morgan fingerprint density at radius 2 is 1.57 bits per heavy atom. The van der Waals surface area contributed by atoms with Crippen LogP contribution in [0.3, 0.4) is 0 Å². The van der Waals surface area contributed by atoms with E-state index in [0.29, 0.717) is 5.69 Å². The van der Waals surface area contributed by atoms with Crippen LogP contribution in [-0.4, -0.2) is 32.8 Å². The van der Waals surface area contributed by atoms with Gasteiger partial charge in [-0.3, -0.25) is 9.59 Å². The molecule has 0 heterocycles. The molecule has 162 valence electrons. The minimum absolute atomic E-state index is 0.0527. The molecule has 0 bridgehead atoms. The highest BCUT2D eigenvalue weighted by Crippen LogP contribution is 2.19. The summed E-state index contributed by atoms with van der Waals surface area (Å²) >= 11 is 3.26. The minimum Gasteiger partial charge on any atom is -0.346 e. The van der Waals surface area contributed by atoms with Crippen LogP contribution in [-0.2, 0) is 19.6 Å². The van der Waals surface area contributed by atoms with Crippen molar-refractivity contribution in [3.8, 4) is 0 Å². The van der Waals surface area contributed by atoms with Gasteiger partial charge in [-0.15, -0.1) is 0 Å². The molecule has 0 aliphatic rings. The minimum atomic E-state index is -3.90. The van der Waals surface area contributed by atoms with Crippen molar-refractivity contribution < 1.29 is 18.0 Å². The number of nitrogens with one attached hydrogen (secondary N) is 3. The van der Waals surface area contributed by atoms with Gasteiger partial charge in [-0.2, -0.15) is 4.72 Å². The van der Waals surface area contributed by atoms with E-state index in [-0.39, 0.29) is 23.3 Å². The summed E-state index contributed by atoms with van der Waals surface area (Å²) in [4.78, 5) is 24.9. The van der Waals surface area contributed by atoms with Crippen LogP contribution in [0.2, 0.25) is 0 Å². The first kappa shape index (κ1) is 24.0. The second kappa shape index (κ2) is 10.2. The second-order valence-electron chi connectivity index (χ2n) is 7.33. The van der Waals surface area contributed by atoms with E-state index in [9.17, 15) is 18.0 Å². The number of benzene rings is 2. The van der Waals surface area contributed by atoms with Crippen molar-refractivity contribution in [3.05, 3.63) is 58.1 Å². The Bertz CT molecular complexity index is 1000. The lowest BCUT2D eigenvalue weighted by Gasteiger charge is -2.21. The SMILES string of the molecule is Cc1cccc(C)c1NC(=O)CNC(=O)[C@@H](NS(=O)(=O)c1ccc(Br)cc1)C(C)C. The van der Waals surface area contributed by atoms with Crippen molar-refractivity contribution in [1.82, 2.24) is 10.0 Å². The molecule has 7 nitrogen and oxygen atoms in total. The fraction of sp³-hybridized carbons (Fsp3) is 0.333. The Morgan fingerprint density at radius 1 is 1.00 bits per heavy atom. The van der Waals surface area contributed by atoms with E-state index in [4.69, 9.17) is 0 Å². The number of anilines is 1. The van der Waals surface area contributed by atoms with E-state index in [2.05, 4.69) is 31.3 Å². The van der Waals surface area contributed by atoms with E-state index < -0.39 is 22.0 Å². The summed E-state index contributed by atoms with van der Waals surface area (Å²) in [6.45, 7) is 6.95. The van der Waals surface area contributed by atoms with Crippen molar-refractivity contribution in [2.45, 2.75) is 38.6 Å². The number of sulfonamides is 1. The maximum absolute atomic E-state index is 12.6. The molecular weight excluding hydrogens is 470 g/mol. The zero-order chi connectivity index (χ0) is 22.5. The highest BCUT2D eigenvalue weighted by Gasteiger charge is 2.28. The molecule has 0 fully saturated rings. The molecule has 2 aromatic rings. The molecule has 2 aromatic carbocycles. The maximum atomic E-state index is 12.6. The third-order valence-corrected chi connectivity index (χ3v) is 6.51. The van der Waals surface area contributed by atoms with E-state index in [1.165, 1.54) is 12.1 Å². The Balaban J connectivity index is 2.03. The smallest absolute Gasteiger partial charge is 0.243 e. The van der Waals surface area contributed by atoms with Crippen molar-refractivity contribution in [2.75, 3.05) is 11.9 Å². The average Bonchev–Trinajstić information content (AvgIpc) is 2.67. The highest BCUT2D eigenvalue weighted by molar-refractivity contribution is 9.10. The van der Waals surface area contributed by atoms with Crippen LogP contribution in [0.15, 0.2) is 51.8 Å². The molecule has 30 heavy (non-hydrogen) atoms. The van der Waals surface area contributed by atoms with Gasteiger partial charge in [-0.05, 0) is 55.2 Å². The van der Waals surface area contributed by atoms with Crippen LogP contribution in [0.5, 0.6) is 0 Å². The van der Waals surface area contributed by atoms with E-state index in [1.807, 2.05) is 32.0 Å². The van der Waals surface area contributed by atoms with Gasteiger partial charge in [-0.25, -0.2) is 8.42 Å². The van der Waals surface area contributed by atoms with Gasteiger partial charge in [0.25, 0.3) is 0 Å². The molecule has 9 heteroatoms. The Hall–Kier alpha value is -2.23. The molecule has 0 saturated carbocycles. The normalized spacial score (nSPS) is 12.5. The molecule has 0 aliphatic heterocycles. The monoisotopic (exact) mass is 495 g/mol. The lowest BCUT2D eigenvalue weighted by molar-refractivity contribution is -0.126. The van der Waals surface area contributed by atoms with E-state index in [1.54, 1.807) is 26.0 Å². The van der Waals surface area contributed by atoms with Gasteiger partial charge in [0.05, 0.1) is 11.4 Å². The Kier molecular flexibility index (Phi) is 8.17. The third kappa shape index (κ3) is 6.38. The molecule has 0 unspecified atom stereocenters. The van der Waals surface area contributed by atoms with E-state index >= 15 is 0 Å². The van der Waals surface area contributed by atoms with Crippen LogP contribution in [0.1, 0.15) is 25.0 Å². The molecule has 0 radical (unpaired) electrons. The fourth-order valence-electron chi connectivity index (χ4n) is 2.81. The van der Waals surface area contributed by atoms with Crippen molar-refractivity contribution in [1.29, 1.82) is 0 Å². The number of hydrogen-bond acceptors (Lipinski definition) is 4. The van der Waals surface area contributed by atoms with Crippen LogP contribution >= 0.6 is 15.9 Å². The molecule has 0 saturated heterocycles. The molecule has 3 N–H and O–H groups in total. The zero-order valence-corrected chi connectivity index (χ0v) is 19.7. The third-order valence-electron chi connectivity index (χ3n) is 4.52. The summed E-state index contributed by atoms with van der Waals surface area (Å²) < 4.78 is 28.4. The first-order valence-electron chi connectivity index (χ1n) is 9.43.